The summed E-state index contributed by atoms with van der Waals surface area (Å²) in [6.07, 6.45) is 0.301. The largest absolute Gasteiger partial charge is 0.569 e. The summed E-state index contributed by atoms with van der Waals surface area (Å²) in [6.45, 7) is 6.54. The van der Waals surface area contributed by atoms with E-state index in [9.17, 15) is 9.36 Å². The average Bonchev–Trinajstić information content (AvgIpc) is 2.43. The van der Waals surface area contributed by atoms with Crippen molar-refractivity contribution in [2.24, 2.45) is 0 Å². The maximum absolute atomic E-state index is 12.1. The van der Waals surface area contributed by atoms with Crippen molar-refractivity contribution in [3.8, 4) is 0 Å². The van der Waals surface area contributed by atoms with Crippen molar-refractivity contribution >= 4 is 19.6 Å². The highest BCUT2D eigenvalue weighted by Crippen LogP contribution is 2.23. The van der Waals surface area contributed by atoms with E-state index >= 15 is 0 Å². The van der Waals surface area contributed by atoms with Crippen molar-refractivity contribution in [1.29, 1.82) is 0 Å². The van der Waals surface area contributed by atoms with Crippen LogP contribution in [-0.2, 0) is 26.8 Å². The number of carbonyl (C=O) groups excluding carboxylic acids is 1. The number of pyridine rings is 1. The molecular formula is C14H20N2O4P+. The first-order valence-corrected chi connectivity index (χ1v) is 7.96. The van der Waals surface area contributed by atoms with Crippen LogP contribution in [0.15, 0.2) is 12.1 Å². The van der Waals surface area contributed by atoms with Gasteiger partial charge in [0.1, 0.15) is 5.60 Å². The van der Waals surface area contributed by atoms with Crippen LogP contribution in [0.5, 0.6) is 0 Å². The average molecular weight is 311 g/mol. The summed E-state index contributed by atoms with van der Waals surface area (Å²) in [7, 11) is -0.504. The highest BCUT2D eigenvalue weighted by molar-refractivity contribution is 7.48. The van der Waals surface area contributed by atoms with Gasteiger partial charge in [0, 0.05) is 19.0 Å². The fraction of sp³-hybridized carbons (Fsp3) is 0.571. The van der Waals surface area contributed by atoms with Crippen molar-refractivity contribution in [2.75, 3.05) is 13.7 Å². The van der Waals surface area contributed by atoms with Gasteiger partial charge in [0.05, 0.1) is 19.3 Å². The fourth-order valence-electron chi connectivity index (χ4n) is 2.08. The molecule has 1 amide bonds. The summed E-state index contributed by atoms with van der Waals surface area (Å²) < 4.78 is 21.8. The summed E-state index contributed by atoms with van der Waals surface area (Å²) in [6, 6.07) is 3.53. The third-order valence-electron chi connectivity index (χ3n) is 3.04. The maximum Gasteiger partial charge on any atom is 0.569 e. The minimum Gasteiger partial charge on any atom is -0.444 e. The molecule has 0 radical (unpaired) electrons. The number of fused-ring (bicyclic) bond motifs is 1. The van der Waals surface area contributed by atoms with Gasteiger partial charge in [0.2, 0.25) is 0 Å². The van der Waals surface area contributed by atoms with Crippen molar-refractivity contribution in [3.05, 3.63) is 23.4 Å². The van der Waals surface area contributed by atoms with E-state index in [2.05, 4.69) is 4.98 Å². The molecule has 0 aromatic carbocycles. The number of hydrogen-bond acceptors (Lipinski definition) is 5. The van der Waals surface area contributed by atoms with Crippen molar-refractivity contribution in [1.82, 2.24) is 9.88 Å². The number of rotatable bonds is 2. The number of nitrogens with zero attached hydrogens (tertiary/aromatic N) is 2. The number of ether oxygens (including phenoxy) is 1. The van der Waals surface area contributed by atoms with Crippen molar-refractivity contribution in [3.63, 3.8) is 0 Å². The molecule has 0 N–H and O–H groups in total. The molecular weight excluding hydrogens is 291 g/mol. The molecule has 0 saturated carbocycles. The van der Waals surface area contributed by atoms with Gasteiger partial charge in [-0.15, -0.1) is 4.52 Å². The Kier molecular flexibility index (Phi) is 4.59. The Balaban J connectivity index is 2.11. The van der Waals surface area contributed by atoms with Gasteiger partial charge < -0.3 is 9.64 Å². The predicted molar refractivity (Wildman–Crippen MR) is 78.8 cm³/mol. The van der Waals surface area contributed by atoms with E-state index in [0.717, 1.165) is 11.3 Å². The Morgan fingerprint density at radius 2 is 2.10 bits per heavy atom. The first kappa shape index (κ1) is 15.9. The lowest BCUT2D eigenvalue weighted by Crippen LogP contribution is -2.40. The highest BCUT2D eigenvalue weighted by atomic mass is 31.1. The Morgan fingerprint density at radius 1 is 1.38 bits per heavy atom. The lowest BCUT2D eigenvalue weighted by atomic mass is 10.1. The van der Waals surface area contributed by atoms with Crippen LogP contribution in [0.4, 0.5) is 4.79 Å². The zero-order valence-electron chi connectivity index (χ0n) is 12.8. The molecule has 114 valence electrons. The zero-order valence-corrected chi connectivity index (χ0v) is 13.6. The first-order chi connectivity index (χ1) is 9.80. The summed E-state index contributed by atoms with van der Waals surface area (Å²) >= 11 is 0. The third-order valence-corrected chi connectivity index (χ3v) is 3.99. The second kappa shape index (κ2) is 6.08. The van der Waals surface area contributed by atoms with Gasteiger partial charge in [-0.05, 0) is 37.0 Å². The van der Waals surface area contributed by atoms with Gasteiger partial charge in [-0.2, -0.15) is 0 Å². The van der Waals surface area contributed by atoms with Gasteiger partial charge in [-0.3, -0.25) is 0 Å². The zero-order chi connectivity index (χ0) is 15.6. The van der Waals surface area contributed by atoms with E-state index in [1.807, 2.05) is 26.8 Å². The van der Waals surface area contributed by atoms with E-state index in [-0.39, 0.29) is 6.09 Å². The topological polar surface area (TPSA) is 68.7 Å². The van der Waals surface area contributed by atoms with Gasteiger partial charge >= 0.3 is 19.6 Å². The molecule has 1 aromatic heterocycles. The summed E-state index contributed by atoms with van der Waals surface area (Å²) in [5, 5.41) is 0. The summed E-state index contributed by atoms with van der Waals surface area (Å²) in [5.74, 6) is 0. The Hall–Kier alpha value is -1.52. The van der Waals surface area contributed by atoms with Crippen LogP contribution in [-0.4, -0.2) is 35.2 Å². The van der Waals surface area contributed by atoms with Crippen LogP contribution in [0.3, 0.4) is 0 Å². The van der Waals surface area contributed by atoms with E-state index in [1.54, 1.807) is 11.0 Å². The molecule has 0 saturated heterocycles. The molecule has 0 aliphatic carbocycles. The molecule has 0 fully saturated rings. The fourth-order valence-corrected chi connectivity index (χ4v) is 2.67. The highest BCUT2D eigenvalue weighted by Gasteiger charge is 2.29. The van der Waals surface area contributed by atoms with Gasteiger partial charge in [0.15, 0.2) is 0 Å². The molecule has 7 heteroatoms. The van der Waals surface area contributed by atoms with Crippen molar-refractivity contribution < 1.29 is 18.6 Å². The molecule has 6 nitrogen and oxygen atoms in total. The quantitative estimate of drug-likeness (QED) is 0.784. The molecule has 1 aromatic rings. The van der Waals surface area contributed by atoms with Crippen LogP contribution >= 0.6 is 8.03 Å². The van der Waals surface area contributed by atoms with E-state index in [0.29, 0.717) is 24.9 Å². The van der Waals surface area contributed by atoms with Crippen LogP contribution in [0.1, 0.15) is 32.0 Å². The monoisotopic (exact) mass is 311 g/mol. The molecule has 0 bridgehead atoms. The van der Waals surface area contributed by atoms with Crippen molar-refractivity contribution in [2.45, 2.75) is 39.3 Å². The lowest BCUT2D eigenvalue weighted by Gasteiger charge is -2.30. The van der Waals surface area contributed by atoms with E-state index in [4.69, 9.17) is 9.26 Å². The second-order valence-corrected chi connectivity index (χ2v) is 7.20. The van der Waals surface area contributed by atoms with Crippen LogP contribution in [0.2, 0.25) is 0 Å². The maximum atomic E-state index is 12.1. The first-order valence-electron chi connectivity index (χ1n) is 6.78. The number of aromatic nitrogens is 1. The smallest absolute Gasteiger partial charge is 0.444 e. The van der Waals surface area contributed by atoms with E-state index < -0.39 is 13.6 Å². The molecule has 1 aliphatic heterocycles. The summed E-state index contributed by atoms with van der Waals surface area (Å²) in [5.41, 5.74) is 1.76. The molecule has 1 aliphatic rings. The van der Waals surface area contributed by atoms with Crippen LogP contribution < -0.4 is 5.44 Å². The number of amides is 1. The molecule has 1 atom stereocenters. The van der Waals surface area contributed by atoms with Gasteiger partial charge in [0.25, 0.3) is 0 Å². The Morgan fingerprint density at radius 3 is 2.71 bits per heavy atom. The second-order valence-electron chi connectivity index (χ2n) is 5.87. The molecule has 2 rings (SSSR count). The molecule has 1 unspecified atom stereocenters. The molecule has 2 heterocycles. The van der Waals surface area contributed by atoms with Gasteiger partial charge in [-0.25, -0.2) is 9.78 Å². The number of carbonyl (C=O) groups is 1. The lowest BCUT2D eigenvalue weighted by molar-refractivity contribution is 0.0223. The predicted octanol–water partition coefficient (Wildman–Crippen LogP) is 2.39. The molecule has 21 heavy (non-hydrogen) atoms. The number of hydrogen-bond donors (Lipinski definition) is 0. The summed E-state index contributed by atoms with van der Waals surface area (Å²) in [4.78, 5) is 18.1. The minimum atomic E-state index is -1.90. The standard InChI is InChI=1S/C14H20N2O4P/c1-14(2,3)20-13(17)16-8-7-11-10(9-16)5-6-12(15-11)21(18)19-4/h5-6H,7-9H2,1-4H3/q+1. The van der Waals surface area contributed by atoms with Crippen LogP contribution in [0.25, 0.3) is 0 Å². The van der Waals surface area contributed by atoms with Gasteiger partial charge in [-0.1, -0.05) is 0 Å². The minimum absolute atomic E-state index is 0.319. The van der Waals surface area contributed by atoms with Crippen LogP contribution in [0, 0.1) is 0 Å². The third kappa shape index (κ3) is 3.99. The Labute approximate surface area is 125 Å². The van der Waals surface area contributed by atoms with E-state index in [1.165, 1.54) is 7.11 Å². The normalized spacial score (nSPS) is 15.4. The SMILES string of the molecule is CO[P+](=O)c1ccc2c(n1)CCN(C(=O)OC(C)(C)C)C2. The molecule has 0 spiro atoms. The Bertz CT molecular complexity index is 569.